The fourth-order valence-electron chi connectivity index (χ4n) is 1.40. The molecule has 0 N–H and O–H groups in total. The highest BCUT2D eigenvalue weighted by Gasteiger charge is 2.15. The molecule has 0 bridgehead atoms. The van der Waals surface area contributed by atoms with Crippen molar-refractivity contribution in [1.29, 1.82) is 0 Å². The van der Waals surface area contributed by atoms with Crippen LogP contribution >= 0.6 is 0 Å². The lowest BCUT2D eigenvalue weighted by molar-refractivity contribution is 0.297. The maximum absolute atomic E-state index is 13.7. The Balaban J connectivity index is 2.70. The predicted octanol–water partition coefficient (Wildman–Crippen LogP) is 4.60. The first-order valence-electron chi connectivity index (χ1n) is 6.40. The third-order valence-electron chi connectivity index (χ3n) is 2.52. The molecule has 21 heavy (non-hydrogen) atoms. The van der Waals surface area contributed by atoms with Crippen LogP contribution in [0.2, 0.25) is 0 Å². The number of rotatable bonds is 8. The molecule has 0 aliphatic heterocycles. The maximum atomic E-state index is 13.7. The quantitative estimate of drug-likeness (QED) is 0.652. The summed E-state index contributed by atoms with van der Waals surface area (Å²) in [6.45, 7) is 13.0. The second kappa shape index (κ2) is 8.04. The number of ether oxygens (including phenoxy) is 2. The first kappa shape index (κ1) is 16.7. The van der Waals surface area contributed by atoms with Gasteiger partial charge in [-0.05, 0) is 30.2 Å². The monoisotopic (exact) mass is 292 g/mol. The van der Waals surface area contributed by atoms with E-state index in [2.05, 4.69) is 19.7 Å². The van der Waals surface area contributed by atoms with E-state index < -0.39 is 11.6 Å². The van der Waals surface area contributed by atoms with Gasteiger partial charge in [0, 0.05) is 0 Å². The fraction of sp³-hybridized carbons (Fsp3) is 0.176. The van der Waals surface area contributed by atoms with Gasteiger partial charge in [0.05, 0.1) is 6.61 Å². The van der Waals surface area contributed by atoms with Crippen LogP contribution in [-0.4, -0.2) is 13.2 Å². The highest BCUT2D eigenvalue weighted by atomic mass is 19.2. The zero-order valence-electron chi connectivity index (χ0n) is 12.0. The standard InChI is InChI=1S/C17H18F2O2/c1-5-12(3)7-8-13(4)11-21-15-10-9-14(20-6-2)16(18)17(15)19/h5,7-10H,1,3-4,6,11H2,2H3/b8-7-. The fourth-order valence-corrected chi connectivity index (χ4v) is 1.40. The first-order valence-corrected chi connectivity index (χ1v) is 6.40. The van der Waals surface area contributed by atoms with Gasteiger partial charge in [0.25, 0.3) is 0 Å². The molecule has 0 heterocycles. The zero-order valence-corrected chi connectivity index (χ0v) is 12.0. The maximum Gasteiger partial charge on any atom is 0.204 e. The van der Waals surface area contributed by atoms with Gasteiger partial charge in [-0.1, -0.05) is 38.0 Å². The van der Waals surface area contributed by atoms with Gasteiger partial charge in [-0.25, -0.2) is 0 Å². The minimum absolute atomic E-state index is 0.0330. The van der Waals surface area contributed by atoms with Gasteiger partial charge in [-0.3, -0.25) is 0 Å². The van der Waals surface area contributed by atoms with E-state index in [1.54, 1.807) is 25.2 Å². The van der Waals surface area contributed by atoms with Gasteiger partial charge in [0.15, 0.2) is 11.5 Å². The molecule has 1 rings (SSSR count). The van der Waals surface area contributed by atoms with Crippen molar-refractivity contribution in [3.8, 4) is 11.5 Å². The molecular formula is C17H18F2O2. The lowest BCUT2D eigenvalue weighted by Crippen LogP contribution is -2.03. The smallest absolute Gasteiger partial charge is 0.204 e. The van der Waals surface area contributed by atoms with E-state index in [4.69, 9.17) is 9.47 Å². The second-order valence-corrected chi connectivity index (χ2v) is 4.18. The molecule has 0 aliphatic carbocycles. The summed E-state index contributed by atoms with van der Waals surface area (Å²) in [7, 11) is 0. The summed E-state index contributed by atoms with van der Waals surface area (Å²) in [5.74, 6) is -2.46. The summed E-state index contributed by atoms with van der Waals surface area (Å²) < 4.78 is 37.5. The molecule has 0 fully saturated rings. The molecule has 2 nitrogen and oxygen atoms in total. The SMILES string of the molecule is C=CC(=C)/C=C\C(=C)COc1ccc(OCC)c(F)c1F. The Kier molecular flexibility index (Phi) is 6.40. The Morgan fingerprint density at radius 1 is 1.10 bits per heavy atom. The summed E-state index contributed by atoms with van der Waals surface area (Å²) in [6, 6.07) is 2.65. The number of hydrogen-bond donors (Lipinski definition) is 0. The topological polar surface area (TPSA) is 18.5 Å². The summed E-state index contributed by atoms with van der Waals surface area (Å²) in [6.07, 6.45) is 4.97. The van der Waals surface area contributed by atoms with Crippen molar-refractivity contribution < 1.29 is 18.3 Å². The average molecular weight is 292 g/mol. The molecule has 112 valence electrons. The average Bonchev–Trinajstić information content (AvgIpc) is 2.48. The van der Waals surface area contributed by atoms with Gasteiger partial charge < -0.3 is 9.47 Å². The highest BCUT2D eigenvalue weighted by Crippen LogP contribution is 2.27. The van der Waals surface area contributed by atoms with Crippen molar-refractivity contribution in [2.75, 3.05) is 13.2 Å². The van der Waals surface area contributed by atoms with E-state index in [1.807, 2.05) is 0 Å². The molecule has 0 saturated carbocycles. The van der Waals surface area contributed by atoms with Crippen molar-refractivity contribution in [1.82, 2.24) is 0 Å². The first-order chi connectivity index (χ1) is 9.99. The molecule has 4 heteroatoms. The minimum Gasteiger partial charge on any atom is -0.491 e. The molecular weight excluding hydrogens is 274 g/mol. The number of hydrogen-bond acceptors (Lipinski definition) is 2. The summed E-state index contributed by atoms with van der Waals surface area (Å²) in [4.78, 5) is 0. The molecule has 0 radical (unpaired) electrons. The van der Waals surface area contributed by atoms with Crippen LogP contribution in [0.5, 0.6) is 11.5 Å². The Bertz CT molecular complexity index is 574. The van der Waals surface area contributed by atoms with E-state index in [-0.39, 0.29) is 24.7 Å². The number of halogens is 2. The van der Waals surface area contributed by atoms with Crippen molar-refractivity contribution in [2.45, 2.75) is 6.92 Å². The molecule has 0 aliphatic rings. The zero-order chi connectivity index (χ0) is 15.8. The van der Waals surface area contributed by atoms with Crippen LogP contribution in [0.3, 0.4) is 0 Å². The van der Waals surface area contributed by atoms with Crippen LogP contribution in [0.1, 0.15) is 6.92 Å². The molecule has 0 amide bonds. The van der Waals surface area contributed by atoms with Gasteiger partial charge in [0.1, 0.15) is 6.61 Å². The van der Waals surface area contributed by atoms with Crippen LogP contribution in [0, 0.1) is 11.6 Å². The summed E-state index contributed by atoms with van der Waals surface area (Å²) in [5, 5.41) is 0. The van der Waals surface area contributed by atoms with Gasteiger partial charge in [0.2, 0.25) is 11.6 Å². The molecule has 0 atom stereocenters. The van der Waals surface area contributed by atoms with Crippen molar-refractivity contribution in [2.24, 2.45) is 0 Å². The number of benzene rings is 1. The van der Waals surface area contributed by atoms with Crippen LogP contribution in [-0.2, 0) is 0 Å². The molecule has 0 saturated heterocycles. The van der Waals surface area contributed by atoms with E-state index in [1.165, 1.54) is 12.1 Å². The lowest BCUT2D eigenvalue weighted by Gasteiger charge is -2.10. The highest BCUT2D eigenvalue weighted by molar-refractivity contribution is 5.36. The van der Waals surface area contributed by atoms with Crippen LogP contribution in [0.4, 0.5) is 8.78 Å². The van der Waals surface area contributed by atoms with E-state index in [9.17, 15) is 8.78 Å². The molecule has 1 aromatic carbocycles. The lowest BCUT2D eigenvalue weighted by atomic mass is 10.2. The Morgan fingerprint density at radius 2 is 1.67 bits per heavy atom. The Labute approximate surface area is 123 Å². The third-order valence-corrected chi connectivity index (χ3v) is 2.52. The normalized spacial score (nSPS) is 10.4. The molecule has 0 aromatic heterocycles. The number of allylic oxidation sites excluding steroid dienone is 3. The van der Waals surface area contributed by atoms with Crippen LogP contribution in [0.25, 0.3) is 0 Å². The Hall–Kier alpha value is -2.36. The third kappa shape index (κ3) is 4.91. The molecule has 1 aromatic rings. The molecule has 0 spiro atoms. The summed E-state index contributed by atoms with van der Waals surface area (Å²) in [5.41, 5.74) is 1.31. The van der Waals surface area contributed by atoms with Crippen molar-refractivity contribution in [3.05, 3.63) is 72.9 Å². The van der Waals surface area contributed by atoms with Gasteiger partial charge >= 0.3 is 0 Å². The van der Waals surface area contributed by atoms with Crippen molar-refractivity contribution >= 4 is 0 Å². The van der Waals surface area contributed by atoms with Gasteiger partial charge in [-0.2, -0.15) is 8.78 Å². The van der Waals surface area contributed by atoms with E-state index in [0.717, 1.165) is 5.57 Å². The van der Waals surface area contributed by atoms with Crippen molar-refractivity contribution in [3.63, 3.8) is 0 Å². The van der Waals surface area contributed by atoms with E-state index in [0.29, 0.717) is 5.57 Å². The molecule has 0 unspecified atom stereocenters. The Morgan fingerprint density at radius 3 is 2.19 bits per heavy atom. The van der Waals surface area contributed by atoms with Gasteiger partial charge in [-0.15, -0.1) is 0 Å². The minimum atomic E-state index is -1.08. The van der Waals surface area contributed by atoms with E-state index >= 15 is 0 Å². The van der Waals surface area contributed by atoms with Crippen LogP contribution < -0.4 is 9.47 Å². The predicted molar refractivity (Wildman–Crippen MR) is 80.6 cm³/mol. The van der Waals surface area contributed by atoms with Crippen LogP contribution in [0.15, 0.2) is 61.2 Å². The second-order valence-electron chi connectivity index (χ2n) is 4.18. The largest absolute Gasteiger partial charge is 0.491 e. The summed E-state index contributed by atoms with van der Waals surface area (Å²) >= 11 is 0.